The highest BCUT2D eigenvalue weighted by Gasteiger charge is 2.26. The van der Waals surface area contributed by atoms with Crippen molar-refractivity contribution in [1.82, 2.24) is 5.01 Å². The number of aryl methyl sites for hydroxylation is 1. The number of phenolic OH excluding ortho intramolecular Hbond substituents is 1. The average molecular weight is 348 g/mol. The van der Waals surface area contributed by atoms with E-state index in [1.807, 2.05) is 53.7 Å². The second-order valence-corrected chi connectivity index (χ2v) is 8.55. The molecule has 0 atom stereocenters. The molecule has 0 aliphatic heterocycles. The lowest BCUT2D eigenvalue weighted by Gasteiger charge is -2.28. The molecule has 0 aromatic heterocycles. The molecular formula is C20H32N2O3. The zero-order valence-corrected chi connectivity index (χ0v) is 16.6. The van der Waals surface area contributed by atoms with Gasteiger partial charge in [-0.2, -0.15) is 0 Å². The number of hydrogen-bond acceptors (Lipinski definition) is 4. The van der Waals surface area contributed by atoms with Crippen LogP contribution >= 0.6 is 0 Å². The number of carbonyl (C=O) groups excluding carboxylic acids is 2. The predicted molar refractivity (Wildman–Crippen MR) is 100 cm³/mol. The van der Waals surface area contributed by atoms with Crippen molar-refractivity contribution in [2.75, 3.05) is 0 Å². The monoisotopic (exact) mass is 348 g/mol. The molecule has 0 heterocycles. The summed E-state index contributed by atoms with van der Waals surface area (Å²) in [4.78, 5) is 23.6. The first-order valence-corrected chi connectivity index (χ1v) is 8.76. The van der Waals surface area contributed by atoms with Gasteiger partial charge >= 0.3 is 0 Å². The fraction of sp³-hybridized carbons (Fsp3) is 0.600. The summed E-state index contributed by atoms with van der Waals surface area (Å²) >= 11 is 0. The molecule has 0 spiro atoms. The van der Waals surface area contributed by atoms with Crippen molar-refractivity contribution in [3.63, 3.8) is 0 Å². The first-order valence-electron chi connectivity index (χ1n) is 8.76. The van der Waals surface area contributed by atoms with Gasteiger partial charge in [-0.3, -0.25) is 9.59 Å². The third-order valence-corrected chi connectivity index (χ3v) is 4.25. The van der Waals surface area contributed by atoms with Crippen LogP contribution in [0.2, 0.25) is 0 Å². The van der Waals surface area contributed by atoms with E-state index in [1.54, 1.807) is 6.92 Å². The minimum absolute atomic E-state index is 0.153. The largest absolute Gasteiger partial charge is 0.507 e. The molecule has 0 aliphatic rings. The summed E-state index contributed by atoms with van der Waals surface area (Å²) in [7, 11) is 0. The smallest absolute Gasteiger partial charge is 0.243 e. The normalized spacial score (nSPS) is 12.2. The number of hydrogen-bond donors (Lipinski definition) is 2. The predicted octanol–water partition coefficient (Wildman–Crippen LogP) is 3.56. The molecule has 0 fully saturated rings. The summed E-state index contributed by atoms with van der Waals surface area (Å²) in [5, 5.41) is 11.4. The van der Waals surface area contributed by atoms with E-state index in [-0.39, 0.29) is 29.6 Å². The minimum Gasteiger partial charge on any atom is -0.507 e. The summed E-state index contributed by atoms with van der Waals surface area (Å²) in [6.07, 6.45) is 0.819. The Balaban J connectivity index is 3.16. The van der Waals surface area contributed by atoms with Gasteiger partial charge in [0.05, 0.1) is 0 Å². The molecule has 0 saturated heterocycles. The molecule has 1 aromatic carbocycles. The maximum absolute atomic E-state index is 12.1. The molecule has 0 aliphatic carbocycles. The molecule has 25 heavy (non-hydrogen) atoms. The van der Waals surface area contributed by atoms with Crippen molar-refractivity contribution < 1.29 is 14.7 Å². The van der Waals surface area contributed by atoms with Gasteiger partial charge in [0.1, 0.15) is 5.75 Å². The van der Waals surface area contributed by atoms with Gasteiger partial charge in [0, 0.05) is 12.8 Å². The first-order chi connectivity index (χ1) is 11.3. The molecule has 3 N–H and O–H groups in total. The van der Waals surface area contributed by atoms with Crippen LogP contribution in [-0.2, 0) is 26.8 Å². The summed E-state index contributed by atoms with van der Waals surface area (Å²) in [6.45, 7) is 13.9. The Hall–Kier alpha value is -1.88. The van der Waals surface area contributed by atoms with Gasteiger partial charge in [-0.1, -0.05) is 60.6 Å². The zero-order valence-electron chi connectivity index (χ0n) is 16.6. The van der Waals surface area contributed by atoms with Crippen molar-refractivity contribution in [1.29, 1.82) is 0 Å². The first kappa shape index (κ1) is 21.2. The number of phenols is 1. The quantitative estimate of drug-likeness (QED) is 0.495. The number of carbonyl (C=O) groups is 2. The van der Waals surface area contributed by atoms with Crippen LogP contribution in [0, 0.1) is 0 Å². The van der Waals surface area contributed by atoms with Crippen molar-refractivity contribution in [2.45, 2.75) is 78.6 Å². The fourth-order valence-electron chi connectivity index (χ4n) is 2.66. The maximum atomic E-state index is 12.1. The molecule has 0 saturated carbocycles. The Bertz CT molecular complexity index is 617. The number of benzene rings is 1. The molecule has 0 radical (unpaired) electrons. The molecule has 2 amide bonds. The molecule has 140 valence electrons. The summed E-state index contributed by atoms with van der Waals surface area (Å²) < 4.78 is 0. The fourth-order valence-corrected chi connectivity index (χ4v) is 2.66. The SMILES string of the molecule is CCC(=O)N(N)C(=O)CCc1cc(C(C)(C)C)c(O)c(C(C)(C)C)c1. The Labute approximate surface area is 151 Å². The van der Waals surface area contributed by atoms with Crippen LogP contribution < -0.4 is 5.84 Å². The van der Waals surface area contributed by atoms with Crippen LogP contribution in [0.1, 0.15) is 78.0 Å². The molecule has 5 heteroatoms. The number of nitrogens with two attached hydrogens (primary N) is 1. The Kier molecular flexibility index (Phi) is 6.40. The molecule has 5 nitrogen and oxygen atoms in total. The van der Waals surface area contributed by atoms with E-state index < -0.39 is 5.91 Å². The van der Waals surface area contributed by atoms with Crippen molar-refractivity contribution >= 4 is 11.8 Å². The number of amides is 2. The standard InChI is InChI=1S/C20H32N2O3/c1-8-16(23)22(21)17(24)10-9-13-11-14(19(2,3)4)18(25)15(12-13)20(5,6)7/h11-12,25H,8-10,21H2,1-7H3. The average Bonchev–Trinajstić information content (AvgIpc) is 2.49. The van der Waals surface area contributed by atoms with Gasteiger partial charge in [-0.05, 0) is 33.9 Å². The molecule has 0 bridgehead atoms. The number of rotatable bonds is 4. The molecule has 1 aromatic rings. The third-order valence-electron chi connectivity index (χ3n) is 4.25. The van der Waals surface area contributed by atoms with E-state index in [9.17, 15) is 14.7 Å². The van der Waals surface area contributed by atoms with Crippen molar-refractivity contribution in [2.24, 2.45) is 5.84 Å². The lowest BCUT2D eigenvalue weighted by atomic mass is 9.78. The van der Waals surface area contributed by atoms with Crippen molar-refractivity contribution in [3.8, 4) is 5.75 Å². The van der Waals surface area contributed by atoms with Gasteiger partial charge < -0.3 is 5.11 Å². The van der Waals surface area contributed by atoms with E-state index in [2.05, 4.69) is 0 Å². The maximum Gasteiger partial charge on any atom is 0.243 e. The van der Waals surface area contributed by atoms with Gasteiger partial charge in [-0.15, -0.1) is 0 Å². The second-order valence-electron chi connectivity index (χ2n) is 8.55. The van der Waals surface area contributed by atoms with Crippen molar-refractivity contribution in [3.05, 3.63) is 28.8 Å². The highest BCUT2D eigenvalue weighted by atomic mass is 16.3. The number of aromatic hydroxyl groups is 1. The lowest BCUT2D eigenvalue weighted by Crippen LogP contribution is -2.42. The number of nitrogens with zero attached hydrogens (tertiary/aromatic N) is 1. The molecule has 0 unspecified atom stereocenters. The Morgan fingerprint density at radius 2 is 1.44 bits per heavy atom. The van der Waals surface area contributed by atoms with Crippen LogP contribution in [0.25, 0.3) is 0 Å². The summed E-state index contributed by atoms with van der Waals surface area (Å²) in [6, 6.07) is 3.89. The third kappa shape index (κ3) is 5.30. The highest BCUT2D eigenvalue weighted by Crippen LogP contribution is 2.39. The minimum atomic E-state index is -0.394. The highest BCUT2D eigenvalue weighted by molar-refractivity contribution is 5.94. The number of hydrazine groups is 1. The van der Waals surface area contributed by atoms with Crippen LogP contribution in [0.5, 0.6) is 5.75 Å². The molecule has 1 rings (SSSR count). The summed E-state index contributed by atoms with van der Waals surface area (Å²) in [5.74, 6) is 5.09. The van der Waals surface area contributed by atoms with Crippen LogP contribution in [0.3, 0.4) is 0 Å². The van der Waals surface area contributed by atoms with Crippen LogP contribution in [0.4, 0.5) is 0 Å². The van der Waals surface area contributed by atoms with Crippen LogP contribution in [0.15, 0.2) is 12.1 Å². The number of imide groups is 1. The zero-order chi connectivity index (χ0) is 19.6. The van der Waals surface area contributed by atoms with Crippen LogP contribution in [-0.4, -0.2) is 21.9 Å². The summed E-state index contributed by atoms with van der Waals surface area (Å²) in [5.41, 5.74) is 2.23. The Morgan fingerprint density at radius 3 is 1.80 bits per heavy atom. The van der Waals surface area contributed by atoms with E-state index in [1.165, 1.54) is 0 Å². The van der Waals surface area contributed by atoms with Gasteiger partial charge in [-0.25, -0.2) is 10.9 Å². The topological polar surface area (TPSA) is 83.6 Å². The van der Waals surface area contributed by atoms with E-state index in [0.29, 0.717) is 17.2 Å². The molecular weight excluding hydrogens is 316 g/mol. The van der Waals surface area contributed by atoms with Gasteiger partial charge in [0.25, 0.3) is 0 Å². The second kappa shape index (κ2) is 7.56. The van der Waals surface area contributed by atoms with Gasteiger partial charge in [0.2, 0.25) is 11.8 Å². The van der Waals surface area contributed by atoms with Gasteiger partial charge in [0.15, 0.2) is 0 Å². The lowest BCUT2D eigenvalue weighted by molar-refractivity contribution is -0.145. The Morgan fingerprint density at radius 1 is 1.00 bits per heavy atom. The van der Waals surface area contributed by atoms with E-state index in [0.717, 1.165) is 16.7 Å². The van der Waals surface area contributed by atoms with E-state index >= 15 is 0 Å². The van der Waals surface area contributed by atoms with E-state index in [4.69, 9.17) is 5.84 Å².